The van der Waals surface area contributed by atoms with Gasteiger partial charge in [-0.15, -0.1) is 0 Å². The number of likely N-dealkylation sites (tertiary alicyclic amines) is 1. The number of carbonyl (C=O) groups is 1. The van der Waals surface area contributed by atoms with Crippen LogP contribution in [0.2, 0.25) is 0 Å². The Labute approximate surface area is 120 Å². The van der Waals surface area contributed by atoms with Crippen molar-refractivity contribution < 1.29 is 4.79 Å². The summed E-state index contributed by atoms with van der Waals surface area (Å²) in [4.78, 5) is 19.0. The van der Waals surface area contributed by atoms with Gasteiger partial charge in [0.25, 0.3) is 5.91 Å². The molecule has 1 aromatic heterocycles. The van der Waals surface area contributed by atoms with E-state index in [1.54, 1.807) is 6.07 Å². The largest absolute Gasteiger partial charge is 0.347 e. The first kappa shape index (κ1) is 13.6. The molecular formula is C16H23N3O. The minimum atomic E-state index is -0.0352. The highest BCUT2D eigenvalue weighted by Gasteiger charge is 2.30. The predicted molar refractivity (Wildman–Crippen MR) is 78.7 cm³/mol. The van der Waals surface area contributed by atoms with Crippen LogP contribution < -0.4 is 5.32 Å². The van der Waals surface area contributed by atoms with Gasteiger partial charge in [-0.25, -0.2) is 4.98 Å². The fraction of sp³-hybridized carbons (Fsp3) is 0.625. The van der Waals surface area contributed by atoms with Gasteiger partial charge in [0.2, 0.25) is 0 Å². The maximum Gasteiger partial charge on any atom is 0.270 e. The molecule has 0 aromatic carbocycles. The standard InChI is InChI=1S/C16H23N3O/c1-12-5-4-8-15(17-12)16(20)18-13-9-10-19(11-13)14-6-2-3-7-14/h4-5,8,13-14H,2-3,6-7,9-11H2,1H3,(H,18,20). The lowest BCUT2D eigenvalue weighted by molar-refractivity contribution is 0.0931. The molecule has 1 aliphatic heterocycles. The summed E-state index contributed by atoms with van der Waals surface area (Å²) < 4.78 is 0. The SMILES string of the molecule is Cc1cccc(C(=O)NC2CCN(C3CCCC3)C2)n1. The molecule has 1 N–H and O–H groups in total. The highest BCUT2D eigenvalue weighted by Crippen LogP contribution is 2.26. The summed E-state index contributed by atoms with van der Waals surface area (Å²) in [6.45, 7) is 4.03. The van der Waals surface area contributed by atoms with Crippen LogP contribution in [0.1, 0.15) is 48.3 Å². The number of nitrogens with zero attached hydrogens (tertiary/aromatic N) is 2. The third-order valence-corrected chi connectivity index (χ3v) is 4.52. The van der Waals surface area contributed by atoms with E-state index in [4.69, 9.17) is 0 Å². The van der Waals surface area contributed by atoms with Crippen molar-refractivity contribution in [1.82, 2.24) is 15.2 Å². The molecule has 0 bridgehead atoms. The third-order valence-electron chi connectivity index (χ3n) is 4.52. The lowest BCUT2D eigenvalue weighted by Crippen LogP contribution is -2.39. The molecule has 2 aliphatic rings. The van der Waals surface area contributed by atoms with E-state index in [1.165, 1.54) is 25.7 Å². The number of pyridine rings is 1. The second-order valence-electron chi connectivity index (χ2n) is 6.06. The number of amides is 1. The van der Waals surface area contributed by atoms with Gasteiger partial charge in [0.05, 0.1) is 0 Å². The Morgan fingerprint density at radius 3 is 2.85 bits per heavy atom. The van der Waals surface area contributed by atoms with Crippen LogP contribution in [0.15, 0.2) is 18.2 Å². The number of rotatable bonds is 3. The van der Waals surface area contributed by atoms with Crippen LogP contribution in [-0.4, -0.2) is 41.0 Å². The Bertz CT molecular complexity index is 482. The summed E-state index contributed by atoms with van der Waals surface area (Å²) in [6, 6.07) is 6.62. The molecule has 3 rings (SSSR count). The summed E-state index contributed by atoms with van der Waals surface area (Å²) in [5, 5.41) is 3.13. The average Bonchev–Trinajstić information content (AvgIpc) is 3.08. The first-order valence-electron chi connectivity index (χ1n) is 7.71. The number of hydrogen-bond donors (Lipinski definition) is 1. The number of carbonyl (C=O) groups excluding carboxylic acids is 1. The second kappa shape index (κ2) is 5.92. The molecule has 1 saturated heterocycles. The number of nitrogens with one attached hydrogen (secondary N) is 1. The average molecular weight is 273 g/mol. The lowest BCUT2D eigenvalue weighted by Gasteiger charge is -2.23. The number of hydrogen-bond acceptors (Lipinski definition) is 3. The van der Waals surface area contributed by atoms with Crippen molar-refractivity contribution in [3.05, 3.63) is 29.6 Å². The molecule has 1 saturated carbocycles. The number of aryl methyl sites for hydroxylation is 1. The van der Waals surface area contributed by atoms with Gasteiger partial charge in [-0.05, 0) is 38.3 Å². The van der Waals surface area contributed by atoms with Crippen LogP contribution in [0, 0.1) is 6.92 Å². The van der Waals surface area contributed by atoms with Crippen molar-refractivity contribution in [3.8, 4) is 0 Å². The van der Waals surface area contributed by atoms with Crippen LogP contribution in [-0.2, 0) is 0 Å². The Morgan fingerprint density at radius 2 is 2.10 bits per heavy atom. The highest BCUT2D eigenvalue weighted by atomic mass is 16.1. The van der Waals surface area contributed by atoms with Crippen molar-refractivity contribution in [2.75, 3.05) is 13.1 Å². The summed E-state index contributed by atoms with van der Waals surface area (Å²) in [6.07, 6.45) is 6.46. The van der Waals surface area contributed by atoms with Gasteiger partial charge in [-0.3, -0.25) is 9.69 Å². The molecule has 1 unspecified atom stereocenters. The zero-order valence-corrected chi connectivity index (χ0v) is 12.1. The Hall–Kier alpha value is -1.42. The molecule has 0 radical (unpaired) electrons. The molecule has 20 heavy (non-hydrogen) atoms. The first-order chi connectivity index (χ1) is 9.72. The molecule has 1 amide bonds. The molecule has 1 aromatic rings. The van der Waals surface area contributed by atoms with Crippen LogP contribution in [0.25, 0.3) is 0 Å². The summed E-state index contributed by atoms with van der Waals surface area (Å²) in [5.74, 6) is -0.0352. The molecular weight excluding hydrogens is 250 g/mol. The first-order valence-corrected chi connectivity index (χ1v) is 7.71. The van der Waals surface area contributed by atoms with Gasteiger partial charge in [0, 0.05) is 30.9 Å². The van der Waals surface area contributed by atoms with E-state index < -0.39 is 0 Å². The fourth-order valence-electron chi connectivity index (χ4n) is 3.44. The van der Waals surface area contributed by atoms with Crippen LogP contribution >= 0.6 is 0 Å². The van der Waals surface area contributed by atoms with E-state index >= 15 is 0 Å². The Morgan fingerprint density at radius 1 is 1.30 bits per heavy atom. The van der Waals surface area contributed by atoms with Gasteiger partial charge in [0.15, 0.2) is 0 Å². The molecule has 4 heteroatoms. The minimum absolute atomic E-state index is 0.0352. The number of aromatic nitrogens is 1. The van der Waals surface area contributed by atoms with E-state index in [1.807, 2.05) is 19.1 Å². The molecule has 2 heterocycles. The maximum atomic E-state index is 12.2. The summed E-state index contributed by atoms with van der Waals surface area (Å²) >= 11 is 0. The smallest absolute Gasteiger partial charge is 0.270 e. The van der Waals surface area contributed by atoms with Gasteiger partial charge in [-0.1, -0.05) is 18.9 Å². The highest BCUT2D eigenvalue weighted by molar-refractivity contribution is 5.92. The molecule has 0 spiro atoms. The molecule has 2 fully saturated rings. The predicted octanol–water partition coefficient (Wildman–Crippen LogP) is 2.14. The van der Waals surface area contributed by atoms with Crippen molar-refractivity contribution in [2.24, 2.45) is 0 Å². The molecule has 4 nitrogen and oxygen atoms in total. The van der Waals surface area contributed by atoms with Gasteiger partial charge >= 0.3 is 0 Å². The zero-order valence-electron chi connectivity index (χ0n) is 12.1. The Balaban J connectivity index is 1.55. The van der Waals surface area contributed by atoms with E-state index in [2.05, 4.69) is 15.2 Å². The molecule has 1 aliphatic carbocycles. The summed E-state index contributed by atoms with van der Waals surface area (Å²) in [7, 11) is 0. The van der Waals surface area contributed by atoms with E-state index in [0.29, 0.717) is 5.69 Å². The molecule has 1 atom stereocenters. The fourth-order valence-corrected chi connectivity index (χ4v) is 3.44. The van der Waals surface area contributed by atoms with Gasteiger partial charge in [-0.2, -0.15) is 0 Å². The van der Waals surface area contributed by atoms with Crippen molar-refractivity contribution >= 4 is 5.91 Å². The Kier molecular flexibility index (Phi) is 4.01. The van der Waals surface area contributed by atoms with Crippen molar-refractivity contribution in [1.29, 1.82) is 0 Å². The topological polar surface area (TPSA) is 45.2 Å². The lowest BCUT2D eigenvalue weighted by atomic mass is 10.2. The monoisotopic (exact) mass is 273 g/mol. The van der Waals surface area contributed by atoms with Crippen LogP contribution in [0.3, 0.4) is 0 Å². The van der Waals surface area contributed by atoms with E-state index in [0.717, 1.165) is 31.2 Å². The van der Waals surface area contributed by atoms with Crippen molar-refractivity contribution in [3.63, 3.8) is 0 Å². The van der Waals surface area contributed by atoms with Crippen LogP contribution in [0.5, 0.6) is 0 Å². The second-order valence-corrected chi connectivity index (χ2v) is 6.06. The van der Waals surface area contributed by atoms with E-state index in [-0.39, 0.29) is 11.9 Å². The third kappa shape index (κ3) is 3.01. The van der Waals surface area contributed by atoms with Crippen LogP contribution in [0.4, 0.5) is 0 Å². The molecule has 108 valence electrons. The van der Waals surface area contributed by atoms with Gasteiger partial charge in [0.1, 0.15) is 5.69 Å². The quantitative estimate of drug-likeness (QED) is 0.917. The van der Waals surface area contributed by atoms with E-state index in [9.17, 15) is 4.79 Å². The van der Waals surface area contributed by atoms with Crippen molar-refractivity contribution in [2.45, 2.75) is 51.1 Å². The minimum Gasteiger partial charge on any atom is -0.347 e. The van der Waals surface area contributed by atoms with Gasteiger partial charge < -0.3 is 5.32 Å². The zero-order chi connectivity index (χ0) is 13.9. The maximum absolute atomic E-state index is 12.2. The normalized spacial score (nSPS) is 24.1. The summed E-state index contributed by atoms with van der Waals surface area (Å²) in [5.41, 5.74) is 1.42.